The van der Waals surface area contributed by atoms with Crippen molar-refractivity contribution in [1.29, 1.82) is 0 Å². The van der Waals surface area contributed by atoms with Crippen LogP contribution < -0.4 is 0 Å². The first-order chi connectivity index (χ1) is 6.17. The summed E-state index contributed by atoms with van der Waals surface area (Å²) >= 11 is 3.64. The van der Waals surface area contributed by atoms with E-state index in [1.54, 1.807) is 0 Å². The average molecular weight is 248 g/mol. The molecule has 0 aromatic rings. The van der Waals surface area contributed by atoms with Gasteiger partial charge in [-0.3, -0.25) is 0 Å². The van der Waals surface area contributed by atoms with E-state index >= 15 is 0 Å². The second-order valence-corrected chi connectivity index (χ2v) is 5.64. The van der Waals surface area contributed by atoms with Crippen LogP contribution >= 0.6 is 15.9 Å². The Balaban J connectivity index is 2.19. The van der Waals surface area contributed by atoms with E-state index in [1.165, 1.54) is 32.2 Å². The third-order valence-electron chi connectivity index (χ3n) is 3.29. The fourth-order valence-corrected chi connectivity index (χ4v) is 3.33. The second kappa shape index (κ2) is 5.35. The first-order valence-corrected chi connectivity index (χ1v) is 6.43. The molecular weight excluding hydrogens is 226 g/mol. The summed E-state index contributed by atoms with van der Waals surface area (Å²) in [5.74, 6) is 0.954. The van der Waals surface area contributed by atoms with Gasteiger partial charge in [0, 0.05) is 17.4 Å². The van der Waals surface area contributed by atoms with Gasteiger partial charge in [-0.15, -0.1) is 0 Å². The molecule has 1 nitrogen and oxygen atoms in total. The zero-order valence-corrected chi connectivity index (χ0v) is 10.7. The molecule has 0 bridgehead atoms. The van der Waals surface area contributed by atoms with E-state index in [0.717, 1.165) is 16.8 Å². The van der Waals surface area contributed by atoms with Gasteiger partial charge in [0.15, 0.2) is 0 Å². The van der Waals surface area contributed by atoms with Crippen LogP contribution in [0.5, 0.6) is 0 Å². The SMILES string of the molecule is CCC(CC)N(C)CC1CC(Br)C1. The fraction of sp³-hybridized carbons (Fsp3) is 1.00. The van der Waals surface area contributed by atoms with Crippen molar-refractivity contribution in [2.75, 3.05) is 13.6 Å². The van der Waals surface area contributed by atoms with Gasteiger partial charge < -0.3 is 4.90 Å². The lowest BCUT2D eigenvalue weighted by Crippen LogP contribution is -2.39. The molecule has 78 valence electrons. The molecule has 0 radical (unpaired) electrons. The van der Waals surface area contributed by atoms with E-state index in [-0.39, 0.29) is 0 Å². The van der Waals surface area contributed by atoms with E-state index in [1.807, 2.05) is 0 Å². The van der Waals surface area contributed by atoms with Crippen molar-refractivity contribution in [2.45, 2.75) is 50.4 Å². The Morgan fingerprint density at radius 2 is 1.85 bits per heavy atom. The van der Waals surface area contributed by atoms with Gasteiger partial charge in [-0.1, -0.05) is 29.8 Å². The minimum Gasteiger partial charge on any atom is -0.303 e. The molecule has 13 heavy (non-hydrogen) atoms. The van der Waals surface area contributed by atoms with Crippen LogP contribution in [0.4, 0.5) is 0 Å². The van der Waals surface area contributed by atoms with Gasteiger partial charge in [0.25, 0.3) is 0 Å². The fourth-order valence-electron chi connectivity index (χ4n) is 2.27. The molecule has 0 atom stereocenters. The maximum atomic E-state index is 3.64. The zero-order valence-electron chi connectivity index (χ0n) is 9.09. The van der Waals surface area contributed by atoms with Crippen LogP contribution in [0.15, 0.2) is 0 Å². The molecule has 0 N–H and O–H groups in total. The molecule has 0 unspecified atom stereocenters. The first kappa shape index (κ1) is 11.5. The van der Waals surface area contributed by atoms with Crippen LogP contribution in [0.25, 0.3) is 0 Å². The molecule has 1 rings (SSSR count). The monoisotopic (exact) mass is 247 g/mol. The van der Waals surface area contributed by atoms with Crippen LogP contribution in [0.1, 0.15) is 39.5 Å². The van der Waals surface area contributed by atoms with Gasteiger partial charge in [0.2, 0.25) is 0 Å². The maximum Gasteiger partial charge on any atom is 0.0152 e. The first-order valence-electron chi connectivity index (χ1n) is 5.51. The third-order valence-corrected chi connectivity index (χ3v) is 4.04. The third kappa shape index (κ3) is 3.25. The summed E-state index contributed by atoms with van der Waals surface area (Å²) in [6.07, 6.45) is 5.34. The summed E-state index contributed by atoms with van der Waals surface area (Å²) in [7, 11) is 2.28. The lowest BCUT2D eigenvalue weighted by Gasteiger charge is -2.37. The Hall–Kier alpha value is 0.440. The largest absolute Gasteiger partial charge is 0.303 e. The predicted octanol–water partition coefficient (Wildman–Crippen LogP) is 3.28. The normalized spacial score (nSPS) is 28.2. The number of halogens is 1. The Morgan fingerprint density at radius 3 is 2.23 bits per heavy atom. The van der Waals surface area contributed by atoms with Gasteiger partial charge in [0.1, 0.15) is 0 Å². The van der Waals surface area contributed by atoms with Gasteiger partial charge in [-0.05, 0) is 38.6 Å². The van der Waals surface area contributed by atoms with Crippen molar-refractivity contribution in [1.82, 2.24) is 4.90 Å². The van der Waals surface area contributed by atoms with Gasteiger partial charge >= 0.3 is 0 Å². The van der Waals surface area contributed by atoms with Crippen LogP contribution in [-0.2, 0) is 0 Å². The van der Waals surface area contributed by atoms with Crippen LogP contribution in [-0.4, -0.2) is 29.4 Å². The Labute approximate surface area is 91.0 Å². The lowest BCUT2D eigenvalue weighted by molar-refractivity contribution is 0.160. The summed E-state index contributed by atoms with van der Waals surface area (Å²) in [4.78, 5) is 3.36. The Bertz CT molecular complexity index is 139. The Kier molecular flexibility index (Phi) is 4.74. The molecule has 0 aromatic heterocycles. The smallest absolute Gasteiger partial charge is 0.0152 e. The standard InChI is InChI=1S/C11H22BrN/c1-4-11(5-2)13(3)8-9-6-10(12)7-9/h9-11H,4-8H2,1-3H3. The lowest BCUT2D eigenvalue weighted by atomic mass is 9.84. The van der Waals surface area contributed by atoms with Crippen molar-refractivity contribution in [3.05, 3.63) is 0 Å². The highest BCUT2D eigenvalue weighted by Crippen LogP contribution is 2.34. The summed E-state index contributed by atoms with van der Waals surface area (Å²) in [6, 6.07) is 0.800. The molecule has 0 spiro atoms. The molecule has 0 aromatic carbocycles. The van der Waals surface area contributed by atoms with E-state index in [2.05, 4.69) is 41.7 Å². The summed E-state index contributed by atoms with van der Waals surface area (Å²) in [5, 5.41) is 0. The summed E-state index contributed by atoms with van der Waals surface area (Å²) in [5.41, 5.74) is 0. The second-order valence-electron chi connectivity index (χ2n) is 4.34. The van der Waals surface area contributed by atoms with Gasteiger partial charge in [-0.2, -0.15) is 0 Å². The minimum atomic E-state index is 0.800. The van der Waals surface area contributed by atoms with Crippen molar-refractivity contribution in [3.8, 4) is 0 Å². The molecule has 0 amide bonds. The molecule has 1 fully saturated rings. The maximum absolute atomic E-state index is 3.64. The quantitative estimate of drug-likeness (QED) is 0.675. The predicted molar refractivity (Wildman–Crippen MR) is 62.4 cm³/mol. The van der Waals surface area contributed by atoms with Crippen LogP contribution in [0.3, 0.4) is 0 Å². The topological polar surface area (TPSA) is 3.24 Å². The van der Waals surface area contributed by atoms with Crippen molar-refractivity contribution in [3.63, 3.8) is 0 Å². The number of nitrogens with zero attached hydrogens (tertiary/aromatic N) is 1. The highest BCUT2D eigenvalue weighted by atomic mass is 79.9. The number of rotatable bonds is 5. The highest BCUT2D eigenvalue weighted by Gasteiger charge is 2.28. The summed E-state index contributed by atoms with van der Waals surface area (Å²) < 4.78 is 0. The number of hydrogen-bond donors (Lipinski definition) is 0. The number of alkyl halides is 1. The zero-order chi connectivity index (χ0) is 9.84. The molecule has 1 aliphatic rings. The van der Waals surface area contributed by atoms with Crippen LogP contribution in [0.2, 0.25) is 0 Å². The van der Waals surface area contributed by atoms with E-state index in [9.17, 15) is 0 Å². The van der Waals surface area contributed by atoms with Crippen molar-refractivity contribution in [2.24, 2.45) is 5.92 Å². The Morgan fingerprint density at radius 1 is 1.31 bits per heavy atom. The number of hydrogen-bond acceptors (Lipinski definition) is 1. The minimum absolute atomic E-state index is 0.800. The molecule has 0 saturated heterocycles. The van der Waals surface area contributed by atoms with E-state index < -0.39 is 0 Å². The van der Waals surface area contributed by atoms with Crippen LogP contribution in [0, 0.1) is 5.92 Å². The van der Waals surface area contributed by atoms with E-state index in [4.69, 9.17) is 0 Å². The van der Waals surface area contributed by atoms with Gasteiger partial charge in [0.05, 0.1) is 0 Å². The molecular formula is C11H22BrN. The van der Waals surface area contributed by atoms with E-state index in [0.29, 0.717) is 0 Å². The molecule has 0 aliphatic heterocycles. The van der Waals surface area contributed by atoms with Gasteiger partial charge in [-0.25, -0.2) is 0 Å². The molecule has 0 heterocycles. The molecule has 1 aliphatic carbocycles. The molecule has 2 heteroatoms. The average Bonchev–Trinajstić information content (AvgIpc) is 2.04. The molecule has 1 saturated carbocycles. The van der Waals surface area contributed by atoms with Crippen molar-refractivity contribution >= 4 is 15.9 Å². The highest BCUT2D eigenvalue weighted by molar-refractivity contribution is 9.09. The van der Waals surface area contributed by atoms with Crippen molar-refractivity contribution < 1.29 is 0 Å². The summed E-state index contributed by atoms with van der Waals surface area (Å²) in [6.45, 7) is 5.88.